The molecule has 1 amide bonds. The van der Waals surface area contributed by atoms with Crippen molar-refractivity contribution in [3.8, 4) is 0 Å². The molecule has 0 aliphatic carbocycles. The molecule has 0 radical (unpaired) electrons. The number of hydrogen-bond donors (Lipinski definition) is 2. The first-order chi connectivity index (χ1) is 7.11. The highest BCUT2D eigenvalue weighted by Gasteiger charge is 2.17. The molecule has 0 aromatic carbocycles. The molecular formula is C9H13FN4O. The molecule has 0 saturated heterocycles. The van der Waals surface area contributed by atoms with Crippen LogP contribution in [0.4, 0.5) is 10.2 Å². The first kappa shape index (κ1) is 11.4. The predicted molar refractivity (Wildman–Crippen MR) is 54.6 cm³/mol. The zero-order valence-corrected chi connectivity index (χ0v) is 8.62. The van der Waals surface area contributed by atoms with Crippen LogP contribution in [-0.4, -0.2) is 29.4 Å². The van der Waals surface area contributed by atoms with Gasteiger partial charge in [-0.05, 0) is 13.0 Å². The van der Waals surface area contributed by atoms with Gasteiger partial charge in [0.1, 0.15) is 0 Å². The molecule has 0 aliphatic rings. The predicted octanol–water partition coefficient (Wildman–Crippen LogP) is 0.598. The lowest BCUT2D eigenvalue weighted by Gasteiger charge is -2.15. The number of pyridine rings is 1. The van der Waals surface area contributed by atoms with Gasteiger partial charge in [0.25, 0.3) is 5.91 Å². The summed E-state index contributed by atoms with van der Waals surface area (Å²) >= 11 is 0. The van der Waals surface area contributed by atoms with E-state index in [1.165, 1.54) is 17.2 Å². The minimum absolute atomic E-state index is 0.0395. The van der Waals surface area contributed by atoms with Crippen LogP contribution in [0.15, 0.2) is 12.3 Å². The van der Waals surface area contributed by atoms with Crippen LogP contribution in [0.1, 0.15) is 17.3 Å². The van der Waals surface area contributed by atoms with Gasteiger partial charge in [-0.2, -0.15) is 0 Å². The number of nitrogens with zero attached hydrogens (tertiary/aromatic N) is 2. The van der Waals surface area contributed by atoms with Crippen molar-refractivity contribution < 1.29 is 9.18 Å². The molecule has 1 aromatic heterocycles. The van der Waals surface area contributed by atoms with Gasteiger partial charge < -0.3 is 10.3 Å². The Morgan fingerprint density at radius 3 is 2.93 bits per heavy atom. The highest BCUT2D eigenvalue weighted by Crippen LogP contribution is 2.15. The molecule has 6 heteroatoms. The summed E-state index contributed by atoms with van der Waals surface area (Å²) in [6.07, 6.45) is 1.33. The number of nitrogens with one attached hydrogen (secondary N) is 1. The molecule has 0 aliphatic heterocycles. The van der Waals surface area contributed by atoms with E-state index >= 15 is 0 Å². The monoisotopic (exact) mass is 212 g/mol. The van der Waals surface area contributed by atoms with Crippen molar-refractivity contribution in [3.05, 3.63) is 23.6 Å². The second-order valence-electron chi connectivity index (χ2n) is 2.98. The molecule has 0 unspecified atom stereocenters. The van der Waals surface area contributed by atoms with Crippen molar-refractivity contribution in [3.63, 3.8) is 0 Å². The number of aromatic nitrogens is 1. The molecule has 3 N–H and O–H groups in total. The van der Waals surface area contributed by atoms with Gasteiger partial charge in [0.15, 0.2) is 11.6 Å². The first-order valence-electron chi connectivity index (χ1n) is 4.48. The van der Waals surface area contributed by atoms with Crippen LogP contribution >= 0.6 is 0 Å². The maximum absolute atomic E-state index is 13.6. The van der Waals surface area contributed by atoms with Gasteiger partial charge in [0.05, 0.1) is 5.56 Å². The van der Waals surface area contributed by atoms with Crippen molar-refractivity contribution in [1.82, 2.24) is 9.88 Å². The third-order valence-electron chi connectivity index (χ3n) is 2.08. The summed E-state index contributed by atoms with van der Waals surface area (Å²) in [6, 6.07) is 1.32. The maximum Gasteiger partial charge on any atom is 0.256 e. The van der Waals surface area contributed by atoms with Gasteiger partial charge >= 0.3 is 0 Å². The number of nitrogen functional groups attached to an aromatic ring is 1. The molecule has 0 fully saturated rings. The van der Waals surface area contributed by atoms with Crippen molar-refractivity contribution in [2.45, 2.75) is 6.92 Å². The number of carbonyl (C=O) groups excluding carboxylic acids is 1. The molecule has 0 saturated carbocycles. The summed E-state index contributed by atoms with van der Waals surface area (Å²) in [7, 11) is 1.59. The molecule has 1 heterocycles. The summed E-state index contributed by atoms with van der Waals surface area (Å²) in [4.78, 5) is 16.7. The fourth-order valence-corrected chi connectivity index (χ4v) is 1.06. The van der Waals surface area contributed by atoms with Gasteiger partial charge in [-0.25, -0.2) is 15.2 Å². The molecule has 82 valence electrons. The Morgan fingerprint density at radius 1 is 1.73 bits per heavy atom. The SMILES string of the molecule is CCN(C)C(=O)c1ccnc(NN)c1F. The molecule has 15 heavy (non-hydrogen) atoms. The van der Waals surface area contributed by atoms with Gasteiger partial charge in [-0.3, -0.25) is 4.79 Å². The average molecular weight is 212 g/mol. The molecule has 5 nitrogen and oxygen atoms in total. The number of carbonyl (C=O) groups is 1. The lowest BCUT2D eigenvalue weighted by molar-refractivity contribution is 0.0798. The summed E-state index contributed by atoms with van der Waals surface area (Å²) < 4.78 is 13.6. The van der Waals surface area contributed by atoms with Crippen LogP contribution in [0.25, 0.3) is 0 Å². The normalized spacial score (nSPS) is 9.87. The van der Waals surface area contributed by atoms with Crippen molar-refractivity contribution in [2.24, 2.45) is 5.84 Å². The zero-order chi connectivity index (χ0) is 11.4. The number of nitrogens with two attached hydrogens (primary N) is 1. The Bertz CT molecular complexity index is 369. The van der Waals surface area contributed by atoms with E-state index in [1.807, 2.05) is 0 Å². The minimum Gasteiger partial charge on any atom is -0.342 e. The molecule has 0 spiro atoms. The zero-order valence-electron chi connectivity index (χ0n) is 8.62. The van der Waals surface area contributed by atoms with Crippen LogP contribution in [0, 0.1) is 5.82 Å². The van der Waals surface area contributed by atoms with Gasteiger partial charge in [-0.15, -0.1) is 0 Å². The van der Waals surface area contributed by atoms with Crippen LogP contribution < -0.4 is 11.3 Å². The Hall–Kier alpha value is -1.69. The van der Waals surface area contributed by atoms with Crippen LogP contribution in [-0.2, 0) is 0 Å². The number of rotatable bonds is 3. The largest absolute Gasteiger partial charge is 0.342 e. The van der Waals surface area contributed by atoms with Crippen LogP contribution in [0.5, 0.6) is 0 Å². The van der Waals surface area contributed by atoms with Gasteiger partial charge in [0.2, 0.25) is 0 Å². The number of halogens is 1. The number of anilines is 1. The number of amides is 1. The Balaban J connectivity index is 3.09. The summed E-state index contributed by atoms with van der Waals surface area (Å²) in [5, 5.41) is 0. The van der Waals surface area contributed by atoms with Gasteiger partial charge in [0, 0.05) is 19.8 Å². The minimum atomic E-state index is -0.731. The van der Waals surface area contributed by atoms with Crippen molar-refractivity contribution in [1.29, 1.82) is 0 Å². The second-order valence-corrected chi connectivity index (χ2v) is 2.98. The van der Waals surface area contributed by atoms with E-state index in [-0.39, 0.29) is 11.4 Å². The Morgan fingerprint density at radius 2 is 2.40 bits per heavy atom. The quantitative estimate of drug-likeness (QED) is 0.568. The second kappa shape index (κ2) is 4.70. The lowest BCUT2D eigenvalue weighted by atomic mass is 10.2. The lowest BCUT2D eigenvalue weighted by Crippen LogP contribution is -2.27. The van der Waals surface area contributed by atoms with E-state index in [9.17, 15) is 9.18 Å². The van der Waals surface area contributed by atoms with Gasteiger partial charge in [-0.1, -0.05) is 0 Å². The summed E-state index contributed by atoms with van der Waals surface area (Å²) in [6.45, 7) is 2.31. The molecule has 1 aromatic rings. The van der Waals surface area contributed by atoms with Crippen LogP contribution in [0.3, 0.4) is 0 Å². The first-order valence-corrected chi connectivity index (χ1v) is 4.48. The fourth-order valence-electron chi connectivity index (χ4n) is 1.06. The standard InChI is InChI=1S/C9H13FN4O/c1-3-14(2)9(15)6-4-5-12-8(13-11)7(6)10/h4-5H,3,11H2,1-2H3,(H,12,13). The highest BCUT2D eigenvalue weighted by atomic mass is 19.1. The smallest absolute Gasteiger partial charge is 0.256 e. The molecular weight excluding hydrogens is 199 g/mol. The summed E-state index contributed by atoms with van der Waals surface area (Å²) in [5.74, 6) is 3.79. The van der Waals surface area contributed by atoms with E-state index in [2.05, 4.69) is 10.4 Å². The van der Waals surface area contributed by atoms with E-state index < -0.39 is 11.7 Å². The van der Waals surface area contributed by atoms with E-state index in [4.69, 9.17) is 5.84 Å². The third-order valence-corrected chi connectivity index (χ3v) is 2.08. The van der Waals surface area contributed by atoms with E-state index in [0.29, 0.717) is 6.54 Å². The number of hydrogen-bond acceptors (Lipinski definition) is 4. The molecule has 1 rings (SSSR count). The highest BCUT2D eigenvalue weighted by molar-refractivity contribution is 5.95. The number of hydrazine groups is 1. The maximum atomic E-state index is 13.6. The van der Waals surface area contributed by atoms with E-state index in [0.717, 1.165) is 0 Å². The van der Waals surface area contributed by atoms with Crippen LogP contribution in [0.2, 0.25) is 0 Å². The summed E-state index contributed by atoms with van der Waals surface area (Å²) in [5.41, 5.74) is 2.05. The third kappa shape index (κ3) is 2.21. The Labute approximate surface area is 87.1 Å². The average Bonchev–Trinajstić information content (AvgIpc) is 2.27. The Kier molecular flexibility index (Phi) is 3.56. The van der Waals surface area contributed by atoms with Crippen molar-refractivity contribution in [2.75, 3.05) is 19.0 Å². The molecule has 0 atom stereocenters. The van der Waals surface area contributed by atoms with Crippen molar-refractivity contribution >= 4 is 11.7 Å². The van der Waals surface area contributed by atoms with E-state index in [1.54, 1.807) is 14.0 Å². The topological polar surface area (TPSA) is 71.2 Å². The molecule has 0 bridgehead atoms. The fraction of sp³-hybridized carbons (Fsp3) is 0.333.